The van der Waals surface area contributed by atoms with E-state index in [1.807, 2.05) is 17.1 Å². The van der Waals surface area contributed by atoms with Crippen LogP contribution < -0.4 is 0 Å². The molecule has 0 unspecified atom stereocenters. The monoisotopic (exact) mass is 384 g/mol. The molecule has 0 aliphatic heterocycles. The predicted molar refractivity (Wildman–Crippen MR) is 86.5 cm³/mol. The lowest BCUT2D eigenvalue weighted by Gasteiger charge is -2.01. The molecule has 5 heteroatoms. The van der Waals surface area contributed by atoms with Gasteiger partial charge in [0.2, 0.25) is 0 Å². The van der Waals surface area contributed by atoms with Crippen LogP contribution >= 0.6 is 22.6 Å². The number of hydrogen-bond acceptors (Lipinski definition) is 2. The summed E-state index contributed by atoms with van der Waals surface area (Å²) in [5.41, 5.74) is 2.29. The molecule has 1 N–H and O–H groups in total. The molecule has 0 aliphatic carbocycles. The number of rotatable bonds is 7. The van der Waals surface area contributed by atoms with Crippen LogP contribution in [-0.4, -0.2) is 20.9 Å². The smallest absolute Gasteiger partial charge is 0.303 e. The lowest BCUT2D eigenvalue weighted by atomic mass is 10.1. The fourth-order valence-corrected chi connectivity index (χ4v) is 2.36. The second kappa shape index (κ2) is 7.42. The first-order valence-corrected chi connectivity index (χ1v) is 7.73. The van der Waals surface area contributed by atoms with Gasteiger partial charge >= 0.3 is 5.97 Å². The maximum Gasteiger partial charge on any atom is 0.303 e. The van der Waals surface area contributed by atoms with Crippen molar-refractivity contribution in [2.45, 2.75) is 32.2 Å². The van der Waals surface area contributed by atoms with Crippen molar-refractivity contribution in [1.82, 2.24) is 9.78 Å². The van der Waals surface area contributed by atoms with E-state index in [4.69, 9.17) is 5.11 Å². The van der Waals surface area contributed by atoms with Crippen LogP contribution in [0.25, 0.3) is 11.1 Å². The van der Waals surface area contributed by atoms with Gasteiger partial charge in [0.15, 0.2) is 0 Å². The van der Waals surface area contributed by atoms with Crippen molar-refractivity contribution in [2.75, 3.05) is 0 Å². The molecule has 0 radical (unpaired) electrons. The summed E-state index contributed by atoms with van der Waals surface area (Å²) in [6.07, 6.45) is 6.79. The van der Waals surface area contributed by atoms with Gasteiger partial charge in [0.1, 0.15) is 0 Å². The Morgan fingerprint density at radius 1 is 1.15 bits per heavy atom. The number of carboxylic acids is 1. The van der Waals surface area contributed by atoms with E-state index >= 15 is 0 Å². The SMILES string of the molecule is O=C(O)CCCCCn1cc(-c2ccc(I)cc2)cn1. The minimum Gasteiger partial charge on any atom is -0.481 e. The molecule has 1 aromatic carbocycles. The molecule has 0 aliphatic rings. The molecule has 2 rings (SSSR count). The fourth-order valence-electron chi connectivity index (χ4n) is 2.00. The third kappa shape index (κ3) is 4.63. The summed E-state index contributed by atoms with van der Waals surface area (Å²) >= 11 is 2.29. The van der Waals surface area contributed by atoms with E-state index < -0.39 is 5.97 Å². The number of hydrogen-bond donors (Lipinski definition) is 1. The molecule has 2 aromatic rings. The quantitative estimate of drug-likeness (QED) is 0.584. The first kappa shape index (κ1) is 15.0. The minimum atomic E-state index is -0.718. The topological polar surface area (TPSA) is 55.1 Å². The van der Waals surface area contributed by atoms with Crippen molar-refractivity contribution < 1.29 is 9.90 Å². The van der Waals surface area contributed by atoms with Crippen LogP contribution in [0, 0.1) is 3.57 Å². The Morgan fingerprint density at radius 2 is 1.90 bits per heavy atom. The van der Waals surface area contributed by atoms with Crippen LogP contribution in [0.2, 0.25) is 0 Å². The van der Waals surface area contributed by atoms with E-state index in [2.05, 4.69) is 52.0 Å². The van der Waals surface area contributed by atoms with E-state index in [1.165, 1.54) is 9.13 Å². The standard InChI is InChI=1S/C15H17IN2O2/c16-14-7-5-12(6-8-14)13-10-17-18(11-13)9-3-1-2-4-15(19)20/h5-8,10-11H,1-4,9H2,(H,19,20). The van der Waals surface area contributed by atoms with Crippen molar-refractivity contribution in [3.8, 4) is 11.1 Å². The maximum atomic E-state index is 10.4. The summed E-state index contributed by atoms with van der Waals surface area (Å²) in [4.78, 5) is 10.4. The normalized spacial score (nSPS) is 10.7. The van der Waals surface area contributed by atoms with Gasteiger partial charge < -0.3 is 5.11 Å². The van der Waals surface area contributed by atoms with Crippen LogP contribution in [0.1, 0.15) is 25.7 Å². The maximum absolute atomic E-state index is 10.4. The Bertz CT molecular complexity index is 564. The highest BCUT2D eigenvalue weighted by molar-refractivity contribution is 14.1. The molecule has 0 atom stereocenters. The van der Waals surface area contributed by atoms with Gasteiger partial charge in [-0.25, -0.2) is 0 Å². The van der Waals surface area contributed by atoms with Crippen molar-refractivity contribution in [1.29, 1.82) is 0 Å². The van der Waals surface area contributed by atoms with Crippen LogP contribution in [0.4, 0.5) is 0 Å². The summed E-state index contributed by atoms with van der Waals surface area (Å²) < 4.78 is 3.14. The lowest BCUT2D eigenvalue weighted by Crippen LogP contribution is -1.99. The molecule has 4 nitrogen and oxygen atoms in total. The van der Waals surface area contributed by atoms with E-state index in [1.54, 1.807) is 0 Å². The number of carbonyl (C=O) groups is 1. The highest BCUT2D eigenvalue weighted by Gasteiger charge is 2.02. The lowest BCUT2D eigenvalue weighted by molar-refractivity contribution is -0.137. The molecule has 1 aromatic heterocycles. The Labute approximate surface area is 132 Å². The zero-order valence-corrected chi connectivity index (χ0v) is 13.3. The zero-order chi connectivity index (χ0) is 14.4. The van der Waals surface area contributed by atoms with Crippen molar-refractivity contribution >= 4 is 28.6 Å². The second-order valence-corrected chi connectivity index (χ2v) is 5.95. The first-order chi connectivity index (χ1) is 9.65. The van der Waals surface area contributed by atoms with Crippen molar-refractivity contribution in [3.63, 3.8) is 0 Å². The van der Waals surface area contributed by atoms with Crippen LogP contribution in [0.5, 0.6) is 0 Å². The minimum absolute atomic E-state index is 0.257. The van der Waals surface area contributed by atoms with Gasteiger partial charge in [-0.1, -0.05) is 18.6 Å². The van der Waals surface area contributed by atoms with Crippen LogP contribution in [0.15, 0.2) is 36.7 Å². The third-order valence-corrected chi connectivity index (χ3v) is 3.81. The van der Waals surface area contributed by atoms with Gasteiger partial charge in [0.05, 0.1) is 6.20 Å². The number of halogens is 1. The molecule has 0 saturated carbocycles. The summed E-state index contributed by atoms with van der Waals surface area (Å²) in [5, 5.41) is 12.9. The summed E-state index contributed by atoms with van der Waals surface area (Å²) in [5.74, 6) is -0.718. The number of aromatic nitrogens is 2. The Morgan fingerprint density at radius 3 is 2.60 bits per heavy atom. The molecule has 0 amide bonds. The third-order valence-electron chi connectivity index (χ3n) is 3.09. The summed E-state index contributed by atoms with van der Waals surface area (Å²) in [6.45, 7) is 0.837. The molecular weight excluding hydrogens is 367 g/mol. The molecule has 1 heterocycles. The first-order valence-electron chi connectivity index (χ1n) is 6.65. The Balaban J connectivity index is 1.83. The number of benzene rings is 1. The predicted octanol–water partition coefficient (Wildman–Crippen LogP) is 3.80. The molecule has 106 valence electrons. The van der Waals surface area contributed by atoms with Gasteiger partial charge in [-0.05, 0) is 53.1 Å². The molecule has 0 bridgehead atoms. The van der Waals surface area contributed by atoms with Gasteiger partial charge in [0, 0.05) is 28.3 Å². The fraction of sp³-hybridized carbons (Fsp3) is 0.333. The summed E-state index contributed by atoms with van der Waals surface area (Å²) in [6, 6.07) is 8.35. The van der Waals surface area contributed by atoms with Crippen LogP contribution in [0.3, 0.4) is 0 Å². The molecule has 0 spiro atoms. The second-order valence-electron chi connectivity index (χ2n) is 4.70. The average molecular weight is 384 g/mol. The number of aryl methyl sites for hydroxylation is 1. The molecule has 0 fully saturated rings. The van der Waals surface area contributed by atoms with Crippen LogP contribution in [-0.2, 0) is 11.3 Å². The highest BCUT2D eigenvalue weighted by atomic mass is 127. The zero-order valence-electron chi connectivity index (χ0n) is 11.1. The van der Waals surface area contributed by atoms with Gasteiger partial charge in [-0.2, -0.15) is 5.10 Å². The van der Waals surface area contributed by atoms with Crippen molar-refractivity contribution in [2.24, 2.45) is 0 Å². The molecule has 20 heavy (non-hydrogen) atoms. The Kier molecular flexibility index (Phi) is 5.58. The van der Waals surface area contributed by atoms with E-state index in [9.17, 15) is 4.79 Å². The van der Waals surface area contributed by atoms with Gasteiger partial charge in [-0.15, -0.1) is 0 Å². The number of nitrogens with zero attached hydrogens (tertiary/aromatic N) is 2. The van der Waals surface area contributed by atoms with Gasteiger partial charge in [-0.3, -0.25) is 9.48 Å². The molecule has 0 saturated heterocycles. The average Bonchev–Trinajstić information content (AvgIpc) is 2.87. The molecular formula is C15H17IN2O2. The van der Waals surface area contributed by atoms with E-state index in [0.717, 1.165) is 31.4 Å². The summed E-state index contributed by atoms with van der Waals surface area (Å²) in [7, 11) is 0. The largest absolute Gasteiger partial charge is 0.481 e. The van der Waals surface area contributed by atoms with E-state index in [-0.39, 0.29) is 6.42 Å². The van der Waals surface area contributed by atoms with E-state index in [0.29, 0.717) is 0 Å². The number of carboxylic acid groups (broad SMARTS) is 1. The Hall–Kier alpha value is -1.37. The number of aliphatic carboxylic acids is 1. The van der Waals surface area contributed by atoms with Gasteiger partial charge in [0.25, 0.3) is 0 Å². The number of unbranched alkanes of at least 4 members (excludes halogenated alkanes) is 2. The van der Waals surface area contributed by atoms with Crippen molar-refractivity contribution in [3.05, 3.63) is 40.2 Å². The highest BCUT2D eigenvalue weighted by Crippen LogP contribution is 2.19.